The van der Waals surface area contributed by atoms with Crippen molar-refractivity contribution in [3.63, 3.8) is 0 Å². The Bertz CT molecular complexity index is 6830. The molecule has 5 heterocycles. The quantitative estimate of drug-likeness (QED) is 0.151. The van der Waals surface area contributed by atoms with Gasteiger partial charge in [-0.15, -0.1) is 11.3 Å². The van der Waals surface area contributed by atoms with Crippen molar-refractivity contribution in [3.05, 3.63) is 336 Å². The van der Waals surface area contributed by atoms with Crippen molar-refractivity contribution in [2.75, 3.05) is 9.80 Å². The molecule has 14 aromatic carbocycles. The molecule has 2 aliphatic rings. The van der Waals surface area contributed by atoms with Crippen LogP contribution in [0.25, 0.3) is 120 Å². The monoisotopic (exact) mass is 1400 g/mol. The zero-order valence-electron chi connectivity index (χ0n) is 71.8. The first kappa shape index (κ1) is 55.1. The SMILES string of the molecule is [2H]c1c([2H])c([2H])c(-c2ccc3c(c2)N(c2cc(-c4ccccc4)cc(-c4ccccc4)c2)c2cc(-n4c5ccc(C(C)(C)C)cc5c5cc(C(C)(C)C)ccc54)cc4c2C3c2ccc(-c3c([2H])c([2H])c([2H])c([2H])c3[2H])cc2N4c2cccc3c2sc2c(-n4c5ccc(C(C)(C)C)cc5c5cc(C(C)(C)C)ccc54)cccc23)c([2H])c1[2H]. The minimum absolute atomic E-state index is 0.0668. The van der Waals surface area contributed by atoms with Crippen molar-refractivity contribution in [2.45, 2.75) is 111 Å². The normalized spacial score (nSPS) is 15.2. The standard InChI is InChI=1S/C101H86N4S/c1-98(2,3)70-41-47-84-80(56-70)81-57-71(99(4,5)6)42-48-85(81)102(84)75-60-92-95-93(61-75)105(89-38-26-36-77-76-35-25-37-88(96(76)106-97(77)89)104-86-49-43-72(100(7,8)9)58-82(86)83-59-73(101(10,11)12)44-50-87(83)104)91-55-67(63-29-19-14-20-30-63)40-46-79(91)94(95)78-45-39-66(62-27-17-13-18-28-62)54-90(78)103(92)74-52-68(64-31-21-15-22-32-64)51-69(53-74)65-33-23-16-24-34-65/h13-61,94H,1-12H3/i13D,14D,17D,18D,19D,20D,27D,28D,29D,30D. The molecule has 0 bridgehead atoms. The van der Waals surface area contributed by atoms with Gasteiger partial charge in [0.05, 0.1) is 85.0 Å². The number of nitrogens with zero attached hydrogens (tertiary/aromatic N) is 4. The molecular formula is C101H86N4S. The summed E-state index contributed by atoms with van der Waals surface area (Å²) < 4.78 is 99.6. The van der Waals surface area contributed by atoms with Crippen molar-refractivity contribution in [2.24, 2.45) is 0 Å². The summed E-state index contributed by atoms with van der Waals surface area (Å²) in [5.41, 5.74) is 22.6. The van der Waals surface area contributed by atoms with Crippen molar-refractivity contribution in [1.29, 1.82) is 0 Å². The number of benzene rings is 14. The fourth-order valence-corrected chi connectivity index (χ4v) is 18.0. The largest absolute Gasteiger partial charge is 0.310 e. The number of rotatable bonds is 8. The lowest BCUT2D eigenvalue weighted by atomic mass is 9.74. The van der Waals surface area contributed by atoms with Crippen LogP contribution in [0.2, 0.25) is 0 Å². The number of hydrogen-bond donors (Lipinski definition) is 0. The first-order chi connectivity index (χ1) is 55.2. The highest BCUT2D eigenvalue weighted by molar-refractivity contribution is 7.26. The molecule has 0 N–H and O–H groups in total. The van der Waals surface area contributed by atoms with Gasteiger partial charge in [0.2, 0.25) is 0 Å². The van der Waals surface area contributed by atoms with Crippen LogP contribution in [0.4, 0.5) is 34.1 Å². The number of hydrogen-bond acceptors (Lipinski definition) is 3. The summed E-state index contributed by atoms with van der Waals surface area (Å²) in [5, 5.41) is 6.68. The van der Waals surface area contributed by atoms with Gasteiger partial charge in [-0.2, -0.15) is 0 Å². The topological polar surface area (TPSA) is 16.3 Å². The third-order valence-corrected chi connectivity index (χ3v) is 23.5. The van der Waals surface area contributed by atoms with Crippen molar-refractivity contribution >= 4 is 109 Å². The molecule has 1 atom stereocenters. The number of thiophene rings is 1. The third-order valence-electron chi connectivity index (χ3n) is 22.2. The van der Waals surface area contributed by atoms with Crippen LogP contribution in [0, 0.1) is 0 Å². The van der Waals surface area contributed by atoms with Gasteiger partial charge >= 0.3 is 0 Å². The molecule has 5 heteroatoms. The zero-order chi connectivity index (χ0) is 81.2. The van der Waals surface area contributed by atoms with Crippen LogP contribution in [-0.2, 0) is 21.7 Å². The van der Waals surface area contributed by atoms with Crippen LogP contribution in [0.15, 0.2) is 297 Å². The predicted octanol–water partition coefficient (Wildman–Crippen LogP) is 28.9. The van der Waals surface area contributed by atoms with E-state index in [0.29, 0.717) is 22.5 Å². The minimum atomic E-state index is -0.608. The van der Waals surface area contributed by atoms with E-state index in [-0.39, 0.29) is 57.0 Å². The first-order valence-electron chi connectivity index (χ1n) is 41.8. The smallest absolute Gasteiger partial charge is 0.0640 e. The van der Waals surface area contributed by atoms with Crippen LogP contribution in [-0.4, -0.2) is 9.13 Å². The van der Waals surface area contributed by atoms with Gasteiger partial charge in [0, 0.05) is 49.5 Å². The highest BCUT2D eigenvalue weighted by Gasteiger charge is 2.43. The highest BCUT2D eigenvalue weighted by atomic mass is 32.1. The Balaban J connectivity index is 0.979. The maximum Gasteiger partial charge on any atom is 0.0640 e. The lowest BCUT2D eigenvalue weighted by Gasteiger charge is -2.46. The highest BCUT2D eigenvalue weighted by Crippen LogP contribution is 2.63. The van der Waals surface area contributed by atoms with Gasteiger partial charge in [0.1, 0.15) is 0 Å². The molecule has 1 unspecified atom stereocenters. The van der Waals surface area contributed by atoms with E-state index in [4.69, 9.17) is 8.22 Å². The molecule has 3 aromatic heterocycles. The Labute approximate surface area is 640 Å². The van der Waals surface area contributed by atoms with Gasteiger partial charge in [0.15, 0.2) is 0 Å². The first-order valence-corrected chi connectivity index (χ1v) is 37.6. The van der Waals surface area contributed by atoms with Crippen molar-refractivity contribution in [1.82, 2.24) is 9.13 Å². The van der Waals surface area contributed by atoms with E-state index in [9.17, 15) is 5.48 Å². The lowest BCUT2D eigenvalue weighted by Crippen LogP contribution is -2.29. The second-order valence-electron chi connectivity index (χ2n) is 33.1. The fraction of sp³-hybridized carbons (Fsp3) is 0.168. The molecule has 17 aromatic rings. The maximum absolute atomic E-state index is 9.66. The fourth-order valence-electron chi connectivity index (χ4n) is 16.7. The van der Waals surface area contributed by atoms with E-state index in [0.717, 1.165) is 126 Å². The number of fused-ring (bicyclic) bond motifs is 13. The van der Waals surface area contributed by atoms with Gasteiger partial charge in [-0.05, 0) is 203 Å². The zero-order valence-corrected chi connectivity index (χ0v) is 62.6. The summed E-state index contributed by atoms with van der Waals surface area (Å²) in [5.74, 6) is -0.608. The molecule has 0 aliphatic carbocycles. The van der Waals surface area contributed by atoms with Gasteiger partial charge in [-0.25, -0.2) is 0 Å². The second-order valence-corrected chi connectivity index (χ2v) is 34.1. The van der Waals surface area contributed by atoms with Gasteiger partial charge in [-0.1, -0.05) is 277 Å². The van der Waals surface area contributed by atoms with E-state index >= 15 is 0 Å². The Morgan fingerprint density at radius 2 is 0.670 bits per heavy atom. The van der Waals surface area contributed by atoms with E-state index in [1.54, 1.807) is 11.3 Å². The molecule has 0 saturated carbocycles. The van der Waals surface area contributed by atoms with E-state index in [2.05, 4.69) is 302 Å². The van der Waals surface area contributed by atoms with Crippen molar-refractivity contribution < 1.29 is 13.7 Å². The average Bonchev–Trinajstić information content (AvgIpc) is 1.08. The summed E-state index contributed by atoms with van der Waals surface area (Å²) in [4.78, 5) is 4.72. The molecule has 106 heavy (non-hydrogen) atoms. The molecule has 0 saturated heterocycles. The Hall–Kier alpha value is -11.5. The summed E-state index contributed by atoms with van der Waals surface area (Å²) in [6.45, 7) is 27.2. The van der Waals surface area contributed by atoms with Crippen LogP contribution in [0.3, 0.4) is 0 Å². The van der Waals surface area contributed by atoms with Crippen molar-refractivity contribution in [3.8, 4) is 55.9 Å². The number of anilines is 6. The maximum atomic E-state index is 9.66. The summed E-state index contributed by atoms with van der Waals surface area (Å²) in [6, 6.07) is 81.2. The molecule has 4 nitrogen and oxygen atoms in total. The van der Waals surface area contributed by atoms with E-state index in [1.165, 1.54) is 33.0 Å². The summed E-state index contributed by atoms with van der Waals surface area (Å²) >= 11 is 1.75. The predicted molar refractivity (Wildman–Crippen MR) is 455 cm³/mol. The molecule has 0 amide bonds. The molecule has 516 valence electrons. The molecule has 0 radical (unpaired) electrons. The lowest BCUT2D eigenvalue weighted by molar-refractivity contribution is 0.590. The minimum Gasteiger partial charge on any atom is -0.310 e. The Morgan fingerprint density at radius 3 is 1.10 bits per heavy atom. The van der Waals surface area contributed by atoms with Crippen LogP contribution in [0.1, 0.15) is 142 Å². The molecule has 0 fully saturated rings. The molecule has 0 spiro atoms. The average molecular weight is 1400 g/mol. The molecule has 19 rings (SSSR count). The third kappa shape index (κ3) is 10.6. The van der Waals surface area contributed by atoms with E-state index in [1.807, 2.05) is 36.4 Å². The summed E-state index contributed by atoms with van der Waals surface area (Å²) in [7, 11) is 0. The molecule has 2 aliphatic heterocycles. The van der Waals surface area contributed by atoms with E-state index < -0.39 is 42.2 Å². The van der Waals surface area contributed by atoms with Gasteiger partial charge in [0.25, 0.3) is 0 Å². The summed E-state index contributed by atoms with van der Waals surface area (Å²) in [6.07, 6.45) is 0. The second kappa shape index (κ2) is 24.0. The van der Waals surface area contributed by atoms with Gasteiger partial charge in [-0.3, -0.25) is 0 Å². The Morgan fingerprint density at radius 1 is 0.274 bits per heavy atom. The molecular weight excluding hydrogens is 1300 g/mol. The number of aromatic nitrogens is 2. The van der Waals surface area contributed by atoms with Crippen LogP contribution < -0.4 is 9.80 Å². The van der Waals surface area contributed by atoms with Crippen LogP contribution >= 0.6 is 11.3 Å². The Kier molecular flexibility index (Phi) is 12.5. The van der Waals surface area contributed by atoms with Gasteiger partial charge < -0.3 is 18.9 Å². The van der Waals surface area contributed by atoms with Crippen LogP contribution in [0.5, 0.6) is 0 Å².